The van der Waals surface area contributed by atoms with E-state index >= 15 is 0 Å². The average Bonchev–Trinajstić information content (AvgIpc) is 2.97. The summed E-state index contributed by atoms with van der Waals surface area (Å²) in [4.78, 5) is 0.350. The molecule has 6 heteroatoms. The molecule has 1 aliphatic rings. The Hall–Kier alpha value is -2.36. The summed E-state index contributed by atoms with van der Waals surface area (Å²) in [6.07, 6.45) is 4.07. The lowest BCUT2D eigenvalue weighted by Gasteiger charge is -2.20. The number of nitrogens with zero attached hydrogens (tertiary/aromatic N) is 2. The van der Waals surface area contributed by atoms with Crippen molar-refractivity contribution in [2.45, 2.75) is 37.1 Å². The van der Waals surface area contributed by atoms with Gasteiger partial charge in [0.2, 0.25) is 10.0 Å². The molecule has 0 atom stereocenters. The third-order valence-electron chi connectivity index (χ3n) is 4.64. The molecule has 26 heavy (non-hydrogen) atoms. The van der Waals surface area contributed by atoms with Crippen LogP contribution in [-0.2, 0) is 16.6 Å². The molecule has 1 aliphatic heterocycles. The van der Waals surface area contributed by atoms with Gasteiger partial charge in [-0.25, -0.2) is 8.42 Å². The molecule has 0 aromatic heterocycles. The molecule has 0 bridgehead atoms. The standard InChI is InChI=1S/C20H23N3O2S/c21-15-17-5-7-18(8-6-17)16-22-19-9-11-20(12-10-19)26(24,25)23-13-3-1-2-4-14-23/h5-12,22H,1-4,13-14,16H2. The molecule has 1 fully saturated rings. The molecule has 3 rings (SSSR count). The second-order valence-electron chi connectivity index (χ2n) is 6.50. The van der Waals surface area contributed by atoms with E-state index in [0.717, 1.165) is 36.9 Å². The van der Waals surface area contributed by atoms with Crippen molar-refractivity contribution in [3.8, 4) is 6.07 Å². The number of benzene rings is 2. The Morgan fingerprint density at radius 1 is 0.923 bits per heavy atom. The summed E-state index contributed by atoms with van der Waals surface area (Å²) in [6.45, 7) is 1.84. The quantitative estimate of drug-likeness (QED) is 0.871. The molecule has 1 N–H and O–H groups in total. The van der Waals surface area contributed by atoms with E-state index in [4.69, 9.17) is 5.26 Å². The molecular formula is C20H23N3O2S. The Labute approximate surface area is 155 Å². The van der Waals surface area contributed by atoms with E-state index in [-0.39, 0.29) is 0 Å². The number of hydrogen-bond acceptors (Lipinski definition) is 4. The largest absolute Gasteiger partial charge is 0.381 e. The van der Waals surface area contributed by atoms with Crippen LogP contribution in [0.25, 0.3) is 0 Å². The summed E-state index contributed by atoms with van der Waals surface area (Å²) in [5, 5.41) is 12.1. The van der Waals surface area contributed by atoms with Crippen molar-refractivity contribution in [2.75, 3.05) is 18.4 Å². The van der Waals surface area contributed by atoms with E-state index in [2.05, 4.69) is 11.4 Å². The van der Waals surface area contributed by atoms with Crippen molar-refractivity contribution in [3.05, 3.63) is 59.7 Å². The van der Waals surface area contributed by atoms with E-state index < -0.39 is 10.0 Å². The predicted molar refractivity (Wildman–Crippen MR) is 102 cm³/mol. The van der Waals surface area contributed by atoms with Crippen LogP contribution in [0, 0.1) is 11.3 Å². The first kappa shape index (κ1) is 18.4. The minimum atomic E-state index is -3.40. The molecule has 1 heterocycles. The van der Waals surface area contributed by atoms with E-state index in [9.17, 15) is 8.42 Å². The summed E-state index contributed by atoms with van der Waals surface area (Å²) in [7, 11) is -3.40. The Kier molecular flexibility index (Phi) is 5.92. The zero-order chi connectivity index (χ0) is 18.4. The second-order valence-corrected chi connectivity index (χ2v) is 8.44. The molecule has 1 saturated heterocycles. The summed E-state index contributed by atoms with van der Waals surface area (Å²) < 4.78 is 27.2. The number of anilines is 1. The van der Waals surface area contributed by atoms with Gasteiger partial charge in [0.25, 0.3) is 0 Å². The smallest absolute Gasteiger partial charge is 0.243 e. The minimum Gasteiger partial charge on any atom is -0.381 e. The number of hydrogen-bond donors (Lipinski definition) is 1. The Bertz CT molecular complexity index is 861. The molecule has 0 saturated carbocycles. The van der Waals surface area contributed by atoms with Crippen LogP contribution in [0.4, 0.5) is 5.69 Å². The van der Waals surface area contributed by atoms with Crippen LogP contribution in [0.1, 0.15) is 36.8 Å². The number of nitrogens with one attached hydrogen (secondary N) is 1. The highest BCUT2D eigenvalue weighted by atomic mass is 32.2. The van der Waals surface area contributed by atoms with Crippen LogP contribution in [0.5, 0.6) is 0 Å². The summed E-state index contributed by atoms with van der Waals surface area (Å²) in [5.41, 5.74) is 2.56. The van der Waals surface area contributed by atoms with Gasteiger partial charge < -0.3 is 5.32 Å². The van der Waals surface area contributed by atoms with Crippen molar-refractivity contribution in [3.63, 3.8) is 0 Å². The first-order chi connectivity index (χ1) is 12.6. The molecule has 0 aliphatic carbocycles. The van der Waals surface area contributed by atoms with Crippen molar-refractivity contribution in [1.29, 1.82) is 5.26 Å². The maximum absolute atomic E-state index is 12.8. The van der Waals surface area contributed by atoms with Gasteiger partial charge in [-0.05, 0) is 54.8 Å². The number of sulfonamides is 1. The molecule has 0 spiro atoms. The van der Waals surface area contributed by atoms with Crippen LogP contribution in [0.3, 0.4) is 0 Å². The van der Waals surface area contributed by atoms with Gasteiger partial charge in [-0.15, -0.1) is 0 Å². The first-order valence-corrected chi connectivity index (χ1v) is 10.4. The lowest BCUT2D eigenvalue weighted by molar-refractivity contribution is 0.424. The highest BCUT2D eigenvalue weighted by Gasteiger charge is 2.24. The molecule has 0 radical (unpaired) electrons. The van der Waals surface area contributed by atoms with Crippen molar-refractivity contribution >= 4 is 15.7 Å². The van der Waals surface area contributed by atoms with Gasteiger partial charge in [0.05, 0.1) is 16.5 Å². The van der Waals surface area contributed by atoms with Crippen LogP contribution in [-0.4, -0.2) is 25.8 Å². The zero-order valence-electron chi connectivity index (χ0n) is 14.7. The van der Waals surface area contributed by atoms with Gasteiger partial charge in [-0.2, -0.15) is 9.57 Å². The maximum atomic E-state index is 12.8. The van der Waals surface area contributed by atoms with Crippen molar-refractivity contribution in [2.24, 2.45) is 0 Å². The van der Waals surface area contributed by atoms with Gasteiger partial charge >= 0.3 is 0 Å². The van der Waals surface area contributed by atoms with Crippen LogP contribution < -0.4 is 5.32 Å². The summed E-state index contributed by atoms with van der Waals surface area (Å²) >= 11 is 0. The Morgan fingerprint density at radius 3 is 2.12 bits per heavy atom. The van der Waals surface area contributed by atoms with Gasteiger partial charge in [0, 0.05) is 25.3 Å². The SMILES string of the molecule is N#Cc1ccc(CNc2ccc(S(=O)(=O)N3CCCCCC3)cc2)cc1. The monoisotopic (exact) mass is 369 g/mol. The third kappa shape index (κ3) is 4.43. The molecule has 2 aromatic carbocycles. The first-order valence-electron chi connectivity index (χ1n) is 8.93. The number of nitriles is 1. The topological polar surface area (TPSA) is 73.2 Å². The fraction of sp³-hybridized carbons (Fsp3) is 0.350. The molecule has 0 unspecified atom stereocenters. The molecule has 136 valence electrons. The van der Waals surface area contributed by atoms with Crippen molar-refractivity contribution < 1.29 is 8.42 Å². The van der Waals surface area contributed by atoms with E-state index in [1.54, 1.807) is 40.7 Å². The van der Waals surface area contributed by atoms with Crippen LogP contribution >= 0.6 is 0 Å². The van der Waals surface area contributed by atoms with Crippen molar-refractivity contribution in [1.82, 2.24) is 4.31 Å². The second kappa shape index (κ2) is 8.35. The van der Waals surface area contributed by atoms with E-state index in [1.165, 1.54) is 0 Å². The fourth-order valence-electron chi connectivity index (χ4n) is 3.08. The molecule has 5 nitrogen and oxygen atoms in total. The molecular weight excluding hydrogens is 346 g/mol. The Morgan fingerprint density at radius 2 is 1.54 bits per heavy atom. The highest BCUT2D eigenvalue weighted by molar-refractivity contribution is 7.89. The molecule has 2 aromatic rings. The zero-order valence-corrected chi connectivity index (χ0v) is 15.5. The van der Waals surface area contributed by atoms with Gasteiger partial charge in [-0.3, -0.25) is 0 Å². The van der Waals surface area contributed by atoms with Gasteiger partial charge in [0.15, 0.2) is 0 Å². The summed E-state index contributed by atoms with van der Waals surface area (Å²) in [6, 6.07) is 16.4. The predicted octanol–water partition coefficient (Wildman–Crippen LogP) is 3.74. The Balaban J connectivity index is 1.64. The third-order valence-corrected chi connectivity index (χ3v) is 6.55. The van der Waals surface area contributed by atoms with E-state index in [0.29, 0.717) is 30.1 Å². The normalized spacial score (nSPS) is 15.8. The maximum Gasteiger partial charge on any atom is 0.243 e. The highest BCUT2D eigenvalue weighted by Crippen LogP contribution is 2.22. The number of rotatable bonds is 5. The van der Waals surface area contributed by atoms with Gasteiger partial charge in [0.1, 0.15) is 0 Å². The van der Waals surface area contributed by atoms with Crippen LogP contribution in [0.15, 0.2) is 53.4 Å². The fourth-order valence-corrected chi connectivity index (χ4v) is 4.59. The van der Waals surface area contributed by atoms with E-state index in [1.807, 2.05) is 12.1 Å². The summed E-state index contributed by atoms with van der Waals surface area (Å²) in [5.74, 6) is 0. The lowest BCUT2D eigenvalue weighted by atomic mass is 10.1. The van der Waals surface area contributed by atoms with Crippen LogP contribution in [0.2, 0.25) is 0 Å². The lowest BCUT2D eigenvalue weighted by Crippen LogP contribution is -2.31. The average molecular weight is 369 g/mol. The minimum absolute atomic E-state index is 0.350. The van der Waals surface area contributed by atoms with Gasteiger partial charge in [-0.1, -0.05) is 25.0 Å². The molecule has 0 amide bonds.